The van der Waals surface area contributed by atoms with Crippen LogP contribution in [-0.4, -0.2) is 43.7 Å². The van der Waals surface area contributed by atoms with E-state index in [1.807, 2.05) is 17.3 Å². The number of nitro groups is 1. The maximum atomic E-state index is 12.7. The number of aromatic nitrogens is 4. The summed E-state index contributed by atoms with van der Waals surface area (Å²) in [7, 11) is 1.82. The number of hydrogen-bond acceptors (Lipinski definition) is 8. The van der Waals surface area contributed by atoms with Gasteiger partial charge >= 0.3 is 0 Å². The predicted octanol–water partition coefficient (Wildman–Crippen LogP) is 3.92. The van der Waals surface area contributed by atoms with Gasteiger partial charge in [-0.05, 0) is 43.1 Å². The summed E-state index contributed by atoms with van der Waals surface area (Å²) in [5, 5.41) is 23.5. The topological polar surface area (TPSA) is 122 Å². The van der Waals surface area contributed by atoms with Crippen molar-refractivity contribution in [3.63, 3.8) is 0 Å². The molecule has 2 aromatic heterocycles. The fourth-order valence-corrected chi connectivity index (χ4v) is 4.50. The summed E-state index contributed by atoms with van der Waals surface area (Å²) in [4.78, 5) is 30.4. The third-order valence-electron chi connectivity index (χ3n) is 5.64. The molecule has 32 heavy (non-hydrogen) atoms. The molecule has 1 amide bonds. The number of benzene rings is 1. The fourth-order valence-electron chi connectivity index (χ4n) is 3.64. The average molecular weight is 474 g/mol. The van der Waals surface area contributed by atoms with Gasteiger partial charge in [0.2, 0.25) is 0 Å². The van der Waals surface area contributed by atoms with E-state index in [1.54, 1.807) is 16.7 Å². The standard InChI is InChI=1S/C20H23N7O3S2/c1-12-5-7-26(8-6-12)15-4-3-13(9-16(15)27(29)30)18(28)22-19-21-14(11-32-19)10-17-23-24-20(31)25(17)2/h3-4,9,11-12H,5-8,10H2,1-2H3,(H,24,31)(H,21,22,28). The second-order valence-electron chi connectivity index (χ2n) is 7.91. The van der Waals surface area contributed by atoms with E-state index in [1.165, 1.54) is 17.4 Å². The van der Waals surface area contributed by atoms with Crippen LogP contribution >= 0.6 is 23.6 Å². The molecule has 0 radical (unpaired) electrons. The smallest absolute Gasteiger partial charge is 0.293 e. The Morgan fingerprint density at radius 3 is 2.81 bits per heavy atom. The molecule has 0 atom stereocenters. The number of rotatable bonds is 6. The molecule has 0 bridgehead atoms. The molecule has 1 aromatic carbocycles. The van der Waals surface area contributed by atoms with E-state index < -0.39 is 10.8 Å². The highest BCUT2D eigenvalue weighted by Gasteiger charge is 2.25. The van der Waals surface area contributed by atoms with E-state index in [0.717, 1.165) is 37.4 Å². The van der Waals surface area contributed by atoms with Crippen LogP contribution < -0.4 is 10.2 Å². The minimum absolute atomic E-state index is 0.0576. The number of H-pyrrole nitrogens is 1. The van der Waals surface area contributed by atoms with Crippen LogP contribution in [0.2, 0.25) is 0 Å². The molecule has 0 saturated carbocycles. The van der Waals surface area contributed by atoms with Gasteiger partial charge in [-0.2, -0.15) is 5.10 Å². The minimum Gasteiger partial charge on any atom is -0.366 e. The van der Waals surface area contributed by atoms with Gasteiger partial charge in [0.05, 0.1) is 17.0 Å². The summed E-state index contributed by atoms with van der Waals surface area (Å²) in [5.41, 5.74) is 1.46. The van der Waals surface area contributed by atoms with Gasteiger partial charge in [-0.15, -0.1) is 11.3 Å². The van der Waals surface area contributed by atoms with Crippen molar-refractivity contribution in [1.29, 1.82) is 0 Å². The van der Waals surface area contributed by atoms with E-state index in [-0.39, 0.29) is 11.3 Å². The molecule has 3 heterocycles. The van der Waals surface area contributed by atoms with Crippen LogP contribution in [0.5, 0.6) is 0 Å². The Kier molecular flexibility index (Phi) is 6.33. The highest BCUT2D eigenvalue weighted by atomic mass is 32.1. The van der Waals surface area contributed by atoms with Gasteiger partial charge in [-0.25, -0.2) is 4.98 Å². The zero-order valence-corrected chi connectivity index (χ0v) is 19.3. The monoisotopic (exact) mass is 473 g/mol. The normalized spacial score (nSPS) is 14.5. The number of nitro benzene ring substituents is 1. The maximum absolute atomic E-state index is 12.7. The summed E-state index contributed by atoms with van der Waals surface area (Å²) in [5.74, 6) is 0.912. The third-order valence-corrected chi connectivity index (χ3v) is 6.81. The number of nitrogens with zero attached hydrogens (tertiary/aromatic N) is 5. The van der Waals surface area contributed by atoms with Gasteiger partial charge < -0.3 is 9.47 Å². The number of carbonyl (C=O) groups excluding carboxylic acids is 1. The van der Waals surface area contributed by atoms with Crippen LogP contribution in [0, 0.1) is 20.8 Å². The lowest BCUT2D eigenvalue weighted by molar-refractivity contribution is -0.384. The number of thiazole rings is 1. The highest BCUT2D eigenvalue weighted by Crippen LogP contribution is 2.32. The second-order valence-corrected chi connectivity index (χ2v) is 9.15. The van der Waals surface area contributed by atoms with Crippen molar-refractivity contribution in [2.75, 3.05) is 23.3 Å². The lowest BCUT2D eigenvalue weighted by atomic mass is 9.98. The lowest BCUT2D eigenvalue weighted by Gasteiger charge is -2.31. The van der Waals surface area contributed by atoms with Crippen molar-refractivity contribution in [3.8, 4) is 0 Å². The molecule has 0 spiro atoms. The first-order valence-corrected chi connectivity index (χ1v) is 11.5. The summed E-state index contributed by atoms with van der Waals surface area (Å²) in [6.07, 6.45) is 2.45. The molecule has 1 saturated heterocycles. The van der Waals surface area contributed by atoms with Crippen LogP contribution in [0.1, 0.15) is 41.6 Å². The van der Waals surface area contributed by atoms with Gasteiger partial charge in [0, 0.05) is 37.1 Å². The van der Waals surface area contributed by atoms with Crippen molar-refractivity contribution in [1.82, 2.24) is 19.7 Å². The molecule has 1 fully saturated rings. The van der Waals surface area contributed by atoms with Crippen molar-refractivity contribution < 1.29 is 9.72 Å². The molecule has 2 N–H and O–H groups in total. The number of nitrogens with one attached hydrogen (secondary N) is 2. The number of aromatic amines is 1. The predicted molar refractivity (Wildman–Crippen MR) is 125 cm³/mol. The quantitative estimate of drug-likeness (QED) is 0.316. The molecule has 4 rings (SSSR count). The van der Waals surface area contributed by atoms with E-state index in [0.29, 0.717) is 27.9 Å². The van der Waals surface area contributed by atoms with Gasteiger partial charge in [0.15, 0.2) is 9.90 Å². The molecule has 1 aliphatic heterocycles. The molecule has 1 aliphatic rings. The maximum Gasteiger partial charge on any atom is 0.293 e. The van der Waals surface area contributed by atoms with E-state index in [9.17, 15) is 14.9 Å². The first kappa shape index (κ1) is 22.1. The van der Waals surface area contributed by atoms with Crippen molar-refractivity contribution in [3.05, 3.63) is 55.5 Å². The van der Waals surface area contributed by atoms with Crippen LogP contribution in [0.25, 0.3) is 0 Å². The number of amides is 1. The van der Waals surface area contributed by atoms with Crippen LogP contribution in [-0.2, 0) is 13.5 Å². The number of hydrogen-bond donors (Lipinski definition) is 2. The molecule has 3 aromatic rings. The van der Waals surface area contributed by atoms with E-state index in [2.05, 4.69) is 27.4 Å². The SMILES string of the molecule is CC1CCN(c2ccc(C(=O)Nc3nc(Cc4n[nH]c(=S)n4C)cs3)cc2[N+](=O)[O-])CC1. The molecular formula is C20H23N7O3S2. The Balaban J connectivity index is 1.48. The molecular weight excluding hydrogens is 450 g/mol. The zero-order valence-electron chi connectivity index (χ0n) is 17.7. The van der Waals surface area contributed by atoms with E-state index in [4.69, 9.17) is 12.2 Å². The first-order chi connectivity index (χ1) is 15.3. The summed E-state index contributed by atoms with van der Waals surface area (Å²) >= 11 is 6.39. The number of anilines is 2. The van der Waals surface area contributed by atoms with Crippen LogP contribution in [0.15, 0.2) is 23.6 Å². The summed E-state index contributed by atoms with van der Waals surface area (Å²) in [6, 6.07) is 4.63. The van der Waals surface area contributed by atoms with Crippen molar-refractivity contribution >= 4 is 46.0 Å². The van der Waals surface area contributed by atoms with Crippen LogP contribution in [0.4, 0.5) is 16.5 Å². The van der Waals surface area contributed by atoms with Gasteiger partial charge in [-0.1, -0.05) is 6.92 Å². The first-order valence-electron chi connectivity index (χ1n) is 10.2. The van der Waals surface area contributed by atoms with E-state index >= 15 is 0 Å². The van der Waals surface area contributed by atoms with Crippen LogP contribution in [0.3, 0.4) is 0 Å². The Morgan fingerprint density at radius 1 is 1.41 bits per heavy atom. The largest absolute Gasteiger partial charge is 0.366 e. The van der Waals surface area contributed by atoms with Gasteiger partial charge in [0.1, 0.15) is 11.5 Å². The number of piperidine rings is 1. The van der Waals surface area contributed by atoms with Gasteiger partial charge in [-0.3, -0.25) is 25.3 Å². The molecule has 10 nitrogen and oxygen atoms in total. The van der Waals surface area contributed by atoms with Gasteiger partial charge in [0.25, 0.3) is 11.6 Å². The Labute approximate surface area is 193 Å². The number of carbonyl (C=O) groups is 1. The zero-order chi connectivity index (χ0) is 22.8. The average Bonchev–Trinajstić information content (AvgIpc) is 3.35. The molecule has 12 heteroatoms. The molecule has 0 unspecified atom stereocenters. The molecule has 168 valence electrons. The Morgan fingerprint density at radius 2 is 2.16 bits per heavy atom. The summed E-state index contributed by atoms with van der Waals surface area (Å²) in [6.45, 7) is 3.74. The Hall–Kier alpha value is -3.12. The molecule has 0 aliphatic carbocycles. The highest BCUT2D eigenvalue weighted by molar-refractivity contribution is 7.71. The third kappa shape index (κ3) is 4.70. The minimum atomic E-state index is -0.439. The fraction of sp³-hybridized carbons (Fsp3) is 0.400. The van der Waals surface area contributed by atoms with Crippen molar-refractivity contribution in [2.24, 2.45) is 13.0 Å². The second kappa shape index (κ2) is 9.17. The van der Waals surface area contributed by atoms with Crippen molar-refractivity contribution in [2.45, 2.75) is 26.2 Å². The lowest BCUT2D eigenvalue weighted by Crippen LogP contribution is -2.33. The summed E-state index contributed by atoms with van der Waals surface area (Å²) < 4.78 is 2.28. The Bertz CT molecular complexity index is 1210.